The lowest BCUT2D eigenvalue weighted by atomic mass is 10.1. The van der Waals surface area contributed by atoms with Gasteiger partial charge in [0.15, 0.2) is 0 Å². The van der Waals surface area contributed by atoms with Gasteiger partial charge in [0, 0.05) is 18.0 Å². The van der Waals surface area contributed by atoms with E-state index in [0.717, 1.165) is 31.0 Å². The fourth-order valence-corrected chi connectivity index (χ4v) is 1.26. The number of allylic oxidation sites excluding steroid dienone is 3. The first-order chi connectivity index (χ1) is 7.79. The zero-order valence-electron chi connectivity index (χ0n) is 9.04. The van der Waals surface area contributed by atoms with Crippen LogP contribution in [0.4, 0.5) is 0 Å². The first-order valence-electron chi connectivity index (χ1n) is 5.25. The first-order valence-corrected chi connectivity index (χ1v) is 5.25. The molecule has 0 bridgehead atoms. The van der Waals surface area contributed by atoms with Gasteiger partial charge in [-0.2, -0.15) is 0 Å². The number of carbonyl (C=O) groups is 1. The van der Waals surface area contributed by atoms with E-state index in [9.17, 15) is 4.79 Å². The Kier molecular flexibility index (Phi) is 5.63. The van der Waals surface area contributed by atoms with E-state index < -0.39 is 5.97 Å². The van der Waals surface area contributed by atoms with Gasteiger partial charge in [-0.05, 0) is 31.4 Å². The van der Waals surface area contributed by atoms with Crippen LogP contribution in [0.5, 0.6) is 0 Å². The number of hydrogen-bond acceptors (Lipinski definition) is 2. The summed E-state index contributed by atoms with van der Waals surface area (Å²) in [5.41, 5.74) is 1.09. The van der Waals surface area contributed by atoms with Crippen molar-refractivity contribution >= 4 is 5.97 Å². The maximum atomic E-state index is 10.1. The Balaban J connectivity index is 2.15. The Bertz CT molecular complexity index is 369. The molecule has 0 spiro atoms. The van der Waals surface area contributed by atoms with Crippen molar-refractivity contribution in [2.45, 2.75) is 19.3 Å². The Labute approximate surface area is 95.1 Å². The van der Waals surface area contributed by atoms with Crippen LogP contribution >= 0.6 is 0 Å². The fourth-order valence-electron chi connectivity index (χ4n) is 1.26. The molecule has 1 N–H and O–H groups in total. The third-order valence-corrected chi connectivity index (χ3v) is 2.02. The van der Waals surface area contributed by atoms with E-state index in [-0.39, 0.29) is 0 Å². The predicted octanol–water partition coefficient (Wildman–Crippen LogP) is 2.60. The van der Waals surface area contributed by atoms with Crippen LogP contribution in [0.15, 0.2) is 48.7 Å². The van der Waals surface area contributed by atoms with E-state index in [4.69, 9.17) is 5.11 Å². The average Bonchev–Trinajstić information content (AvgIpc) is 2.29. The molecule has 0 aliphatic heterocycles. The number of hydrogen-bond donors (Lipinski definition) is 1. The Morgan fingerprint density at radius 2 is 2.25 bits per heavy atom. The monoisotopic (exact) mass is 217 g/mol. The molecule has 0 atom stereocenters. The molecule has 0 aliphatic rings. The van der Waals surface area contributed by atoms with Crippen LogP contribution in [0.1, 0.15) is 18.5 Å². The second-order valence-corrected chi connectivity index (χ2v) is 3.34. The topological polar surface area (TPSA) is 50.2 Å². The van der Waals surface area contributed by atoms with Crippen molar-refractivity contribution in [1.82, 2.24) is 4.98 Å². The zero-order valence-corrected chi connectivity index (χ0v) is 9.04. The van der Waals surface area contributed by atoms with Gasteiger partial charge < -0.3 is 5.11 Å². The van der Waals surface area contributed by atoms with Crippen LogP contribution in [0.25, 0.3) is 0 Å². The van der Waals surface area contributed by atoms with E-state index in [2.05, 4.69) is 4.98 Å². The van der Waals surface area contributed by atoms with Crippen molar-refractivity contribution in [2.75, 3.05) is 0 Å². The number of nitrogens with zero attached hydrogens (tertiary/aromatic N) is 1. The molecule has 1 heterocycles. The summed E-state index contributed by atoms with van der Waals surface area (Å²) < 4.78 is 0. The van der Waals surface area contributed by atoms with Gasteiger partial charge >= 0.3 is 5.97 Å². The molecule has 0 amide bonds. The van der Waals surface area contributed by atoms with Crippen LogP contribution in [-0.4, -0.2) is 16.1 Å². The molecule has 0 aliphatic carbocycles. The van der Waals surface area contributed by atoms with Crippen LogP contribution in [-0.2, 0) is 11.2 Å². The molecule has 3 nitrogen and oxygen atoms in total. The highest BCUT2D eigenvalue weighted by Crippen LogP contribution is 2.01. The minimum absolute atomic E-state index is 0.918. The van der Waals surface area contributed by atoms with Crippen molar-refractivity contribution in [3.05, 3.63) is 54.4 Å². The number of aliphatic carboxylic acids is 1. The molecule has 1 aromatic rings. The lowest BCUT2D eigenvalue weighted by molar-refractivity contribution is -0.131. The van der Waals surface area contributed by atoms with E-state index >= 15 is 0 Å². The van der Waals surface area contributed by atoms with Gasteiger partial charge in [0.25, 0.3) is 0 Å². The molecule has 16 heavy (non-hydrogen) atoms. The molecule has 0 saturated carbocycles. The second kappa shape index (κ2) is 7.40. The molecule has 0 saturated heterocycles. The molecule has 0 fully saturated rings. The first kappa shape index (κ1) is 12.2. The van der Waals surface area contributed by atoms with Gasteiger partial charge in [0.1, 0.15) is 0 Å². The predicted molar refractivity (Wildman–Crippen MR) is 63.1 cm³/mol. The number of pyridine rings is 1. The third kappa shape index (κ3) is 5.75. The van der Waals surface area contributed by atoms with E-state index in [1.165, 1.54) is 6.08 Å². The van der Waals surface area contributed by atoms with Crippen molar-refractivity contribution in [3.8, 4) is 0 Å². The van der Waals surface area contributed by atoms with E-state index in [0.29, 0.717) is 0 Å². The van der Waals surface area contributed by atoms with E-state index in [1.807, 2.05) is 24.3 Å². The third-order valence-electron chi connectivity index (χ3n) is 2.02. The van der Waals surface area contributed by atoms with Crippen molar-refractivity contribution in [3.63, 3.8) is 0 Å². The fraction of sp³-hybridized carbons (Fsp3) is 0.231. The van der Waals surface area contributed by atoms with Crippen LogP contribution in [0.2, 0.25) is 0 Å². The molecule has 0 radical (unpaired) electrons. The maximum Gasteiger partial charge on any atom is 0.328 e. The highest BCUT2D eigenvalue weighted by atomic mass is 16.4. The summed E-state index contributed by atoms with van der Waals surface area (Å²) in [7, 11) is 0. The summed E-state index contributed by atoms with van der Waals surface area (Å²) in [6, 6.07) is 5.89. The summed E-state index contributed by atoms with van der Waals surface area (Å²) in [5, 5.41) is 8.34. The second-order valence-electron chi connectivity index (χ2n) is 3.34. The van der Waals surface area contributed by atoms with Crippen molar-refractivity contribution in [1.29, 1.82) is 0 Å². The smallest absolute Gasteiger partial charge is 0.328 e. The van der Waals surface area contributed by atoms with Crippen LogP contribution in [0.3, 0.4) is 0 Å². The number of unbranched alkanes of at least 4 members (excludes halogenated alkanes) is 1. The highest BCUT2D eigenvalue weighted by molar-refractivity contribution is 5.80. The van der Waals surface area contributed by atoms with Gasteiger partial charge in [0.2, 0.25) is 0 Å². The van der Waals surface area contributed by atoms with Gasteiger partial charge in [-0.1, -0.05) is 24.3 Å². The van der Waals surface area contributed by atoms with E-state index in [1.54, 1.807) is 12.3 Å². The Morgan fingerprint density at radius 3 is 2.94 bits per heavy atom. The Hall–Kier alpha value is -1.90. The molecule has 0 unspecified atom stereocenters. The lowest BCUT2D eigenvalue weighted by Gasteiger charge is -1.96. The standard InChI is InChI=1S/C13H15NO2/c15-13(16)10-5-3-1-2-4-8-12-9-6-7-11-14-12/h1,3,5-7,9-11H,2,4,8H2,(H,15,16)/b3-1?,10-5+. The summed E-state index contributed by atoms with van der Waals surface area (Å²) in [5.74, 6) is -0.918. The molecular weight excluding hydrogens is 202 g/mol. The number of carboxylic acids is 1. The maximum absolute atomic E-state index is 10.1. The number of rotatable bonds is 6. The normalized spacial score (nSPS) is 11.2. The summed E-state index contributed by atoms with van der Waals surface area (Å²) >= 11 is 0. The summed E-state index contributed by atoms with van der Waals surface area (Å²) in [6.07, 6.45) is 11.1. The van der Waals surface area contributed by atoms with Crippen LogP contribution in [0, 0.1) is 0 Å². The lowest BCUT2D eigenvalue weighted by Crippen LogP contribution is -1.87. The molecule has 1 rings (SSSR count). The molecule has 3 heteroatoms. The molecule has 1 aromatic heterocycles. The molecule has 84 valence electrons. The van der Waals surface area contributed by atoms with Crippen molar-refractivity contribution < 1.29 is 9.90 Å². The quantitative estimate of drug-likeness (QED) is 0.452. The largest absolute Gasteiger partial charge is 0.478 e. The van der Waals surface area contributed by atoms with Gasteiger partial charge in [-0.25, -0.2) is 4.79 Å². The van der Waals surface area contributed by atoms with Gasteiger partial charge in [0.05, 0.1) is 0 Å². The number of aromatic nitrogens is 1. The van der Waals surface area contributed by atoms with Gasteiger partial charge in [-0.3, -0.25) is 4.98 Å². The Morgan fingerprint density at radius 1 is 1.38 bits per heavy atom. The SMILES string of the molecule is O=C(O)/C=C/C=CCCCc1ccccn1. The highest BCUT2D eigenvalue weighted by Gasteiger charge is 1.90. The molecule has 0 aromatic carbocycles. The van der Waals surface area contributed by atoms with Crippen molar-refractivity contribution in [2.24, 2.45) is 0 Å². The van der Waals surface area contributed by atoms with Crippen LogP contribution < -0.4 is 0 Å². The summed E-state index contributed by atoms with van der Waals surface area (Å²) in [4.78, 5) is 14.4. The minimum atomic E-state index is -0.918. The number of carboxylic acid groups (broad SMARTS) is 1. The minimum Gasteiger partial charge on any atom is -0.478 e. The average molecular weight is 217 g/mol. The number of aryl methyl sites for hydroxylation is 1. The molecular formula is C13H15NO2. The summed E-state index contributed by atoms with van der Waals surface area (Å²) in [6.45, 7) is 0. The van der Waals surface area contributed by atoms with Gasteiger partial charge in [-0.15, -0.1) is 0 Å². The zero-order chi connectivity index (χ0) is 11.6.